The Bertz CT molecular complexity index is 145. The lowest BCUT2D eigenvalue weighted by molar-refractivity contribution is -0.143. The molecule has 4 heteroatoms. The molecule has 4 nitrogen and oxygen atoms in total. The number of aliphatic hydroxyl groups excluding tert-OH is 1. The topological polar surface area (TPSA) is 69.6 Å². The van der Waals surface area contributed by atoms with Crippen molar-refractivity contribution < 1.29 is 15.0 Å². The Morgan fingerprint density at radius 2 is 2.00 bits per heavy atom. The number of unbranched alkanes of at least 4 members (excludes halogenated alkanes) is 1. The molecule has 0 aromatic heterocycles. The van der Waals surface area contributed by atoms with Crippen molar-refractivity contribution in [1.29, 1.82) is 0 Å². The Balaban J connectivity index is 3.54. The monoisotopic (exact) mass is 175 g/mol. The van der Waals surface area contributed by atoms with Crippen molar-refractivity contribution in [2.75, 3.05) is 13.2 Å². The molecule has 0 spiro atoms. The van der Waals surface area contributed by atoms with Gasteiger partial charge in [-0.3, -0.25) is 4.79 Å². The van der Waals surface area contributed by atoms with E-state index < -0.39 is 11.5 Å². The number of carboxylic acids is 1. The second kappa shape index (κ2) is 5.11. The summed E-state index contributed by atoms with van der Waals surface area (Å²) in [5.74, 6) is -0.855. The summed E-state index contributed by atoms with van der Waals surface area (Å²) in [6, 6.07) is 0. The molecule has 72 valence electrons. The first-order valence-corrected chi connectivity index (χ1v) is 4.10. The summed E-state index contributed by atoms with van der Waals surface area (Å²) in [4.78, 5) is 10.6. The minimum absolute atomic E-state index is 0.162. The van der Waals surface area contributed by atoms with Crippen molar-refractivity contribution in [2.45, 2.75) is 32.2 Å². The van der Waals surface area contributed by atoms with Gasteiger partial charge in [-0.15, -0.1) is 0 Å². The van der Waals surface area contributed by atoms with Gasteiger partial charge in [0.2, 0.25) is 0 Å². The highest BCUT2D eigenvalue weighted by Crippen LogP contribution is 2.01. The summed E-state index contributed by atoms with van der Waals surface area (Å²) < 4.78 is 0. The number of aliphatic hydroxyl groups is 1. The molecule has 0 fully saturated rings. The number of hydrogen-bond donors (Lipinski definition) is 3. The van der Waals surface area contributed by atoms with Gasteiger partial charge in [0.05, 0.1) is 0 Å². The lowest BCUT2D eigenvalue weighted by Crippen LogP contribution is -2.47. The average Bonchev–Trinajstić information content (AvgIpc) is 1.98. The molecule has 0 aromatic carbocycles. The van der Waals surface area contributed by atoms with E-state index >= 15 is 0 Å². The van der Waals surface area contributed by atoms with Crippen LogP contribution in [0.15, 0.2) is 0 Å². The zero-order valence-electron chi connectivity index (χ0n) is 7.63. The molecule has 0 aliphatic rings. The fraction of sp³-hybridized carbons (Fsp3) is 0.875. The third-order valence-electron chi connectivity index (χ3n) is 1.69. The zero-order chi connectivity index (χ0) is 9.61. The van der Waals surface area contributed by atoms with E-state index in [1.807, 2.05) is 0 Å². The summed E-state index contributed by atoms with van der Waals surface area (Å²) in [7, 11) is 0. The number of carbonyl (C=O) groups is 1. The van der Waals surface area contributed by atoms with Gasteiger partial charge in [-0.2, -0.15) is 0 Å². The van der Waals surface area contributed by atoms with Crippen LogP contribution in [0, 0.1) is 0 Å². The number of carboxylic acid groups (broad SMARTS) is 1. The molecule has 0 radical (unpaired) electrons. The number of aliphatic carboxylic acids is 1. The maximum Gasteiger partial charge on any atom is 0.323 e. The predicted octanol–water partition coefficient (Wildman–Crippen LogP) is 0.212. The second-order valence-electron chi connectivity index (χ2n) is 3.29. The van der Waals surface area contributed by atoms with Crippen molar-refractivity contribution in [2.24, 2.45) is 0 Å². The van der Waals surface area contributed by atoms with Crippen molar-refractivity contribution in [3.05, 3.63) is 0 Å². The molecule has 0 saturated carbocycles. The molecule has 0 amide bonds. The lowest BCUT2D eigenvalue weighted by Gasteiger charge is -2.20. The van der Waals surface area contributed by atoms with E-state index in [0.717, 1.165) is 6.42 Å². The van der Waals surface area contributed by atoms with Crippen LogP contribution in [0.25, 0.3) is 0 Å². The minimum atomic E-state index is -0.866. The molecule has 0 bridgehead atoms. The van der Waals surface area contributed by atoms with Gasteiger partial charge in [-0.1, -0.05) is 0 Å². The van der Waals surface area contributed by atoms with E-state index in [1.54, 1.807) is 13.8 Å². The molecule has 0 unspecified atom stereocenters. The van der Waals surface area contributed by atoms with Crippen LogP contribution < -0.4 is 5.32 Å². The minimum Gasteiger partial charge on any atom is -0.480 e. The van der Waals surface area contributed by atoms with Gasteiger partial charge in [0.15, 0.2) is 0 Å². The lowest BCUT2D eigenvalue weighted by atomic mass is 10.1. The quantitative estimate of drug-likeness (QED) is 0.505. The van der Waals surface area contributed by atoms with E-state index in [4.69, 9.17) is 10.2 Å². The van der Waals surface area contributed by atoms with E-state index in [2.05, 4.69) is 5.32 Å². The third kappa shape index (κ3) is 4.31. The highest BCUT2D eigenvalue weighted by Gasteiger charge is 2.25. The highest BCUT2D eigenvalue weighted by atomic mass is 16.4. The van der Waals surface area contributed by atoms with E-state index in [1.165, 1.54) is 0 Å². The normalized spacial score (nSPS) is 11.6. The van der Waals surface area contributed by atoms with Gasteiger partial charge in [0, 0.05) is 6.61 Å². The largest absolute Gasteiger partial charge is 0.480 e. The number of hydrogen-bond acceptors (Lipinski definition) is 3. The van der Waals surface area contributed by atoms with Gasteiger partial charge >= 0.3 is 5.97 Å². The summed E-state index contributed by atoms with van der Waals surface area (Å²) in [6.07, 6.45) is 1.51. The Morgan fingerprint density at radius 1 is 1.42 bits per heavy atom. The van der Waals surface area contributed by atoms with E-state index in [0.29, 0.717) is 13.0 Å². The molecule has 3 N–H and O–H groups in total. The Morgan fingerprint density at radius 3 is 2.42 bits per heavy atom. The first-order valence-electron chi connectivity index (χ1n) is 4.10. The van der Waals surface area contributed by atoms with Crippen molar-refractivity contribution in [1.82, 2.24) is 5.32 Å². The highest BCUT2D eigenvalue weighted by molar-refractivity contribution is 5.77. The maximum atomic E-state index is 10.6. The smallest absolute Gasteiger partial charge is 0.323 e. The molecule has 0 heterocycles. The zero-order valence-corrected chi connectivity index (χ0v) is 7.63. The first kappa shape index (κ1) is 11.4. The third-order valence-corrected chi connectivity index (χ3v) is 1.69. The van der Waals surface area contributed by atoms with Gasteiger partial charge < -0.3 is 15.5 Å². The average molecular weight is 175 g/mol. The Hall–Kier alpha value is -0.610. The van der Waals surface area contributed by atoms with Gasteiger partial charge in [0.1, 0.15) is 5.54 Å². The molecule has 0 saturated heterocycles. The SMILES string of the molecule is CC(C)(NCCCCO)C(=O)O. The van der Waals surface area contributed by atoms with Crippen molar-refractivity contribution in [3.63, 3.8) is 0 Å². The fourth-order valence-corrected chi connectivity index (χ4v) is 0.713. The summed E-state index contributed by atoms with van der Waals surface area (Å²) in [6.45, 7) is 4.03. The van der Waals surface area contributed by atoms with Crippen molar-refractivity contribution in [3.8, 4) is 0 Å². The summed E-state index contributed by atoms with van der Waals surface area (Å²) >= 11 is 0. The van der Waals surface area contributed by atoms with Crippen LogP contribution in [0.5, 0.6) is 0 Å². The van der Waals surface area contributed by atoms with E-state index in [-0.39, 0.29) is 6.61 Å². The number of rotatable bonds is 6. The van der Waals surface area contributed by atoms with Crippen molar-refractivity contribution >= 4 is 5.97 Å². The maximum absolute atomic E-state index is 10.6. The number of nitrogens with one attached hydrogen (secondary N) is 1. The van der Waals surface area contributed by atoms with Crippen LogP contribution in [-0.4, -0.2) is 34.9 Å². The summed E-state index contributed by atoms with van der Waals surface area (Å²) in [5, 5.41) is 20.0. The van der Waals surface area contributed by atoms with Gasteiger partial charge in [-0.25, -0.2) is 0 Å². The van der Waals surface area contributed by atoms with Crippen LogP contribution >= 0.6 is 0 Å². The molecule has 0 aliphatic carbocycles. The molecule has 12 heavy (non-hydrogen) atoms. The fourth-order valence-electron chi connectivity index (χ4n) is 0.713. The predicted molar refractivity (Wildman–Crippen MR) is 46.0 cm³/mol. The van der Waals surface area contributed by atoms with Crippen LogP contribution in [-0.2, 0) is 4.79 Å². The Kier molecular flexibility index (Phi) is 4.85. The van der Waals surface area contributed by atoms with E-state index in [9.17, 15) is 4.79 Å². The Labute approximate surface area is 72.6 Å². The van der Waals surface area contributed by atoms with Crippen LogP contribution in [0.1, 0.15) is 26.7 Å². The molecule has 0 atom stereocenters. The van der Waals surface area contributed by atoms with Gasteiger partial charge in [0.25, 0.3) is 0 Å². The van der Waals surface area contributed by atoms with Crippen LogP contribution in [0.3, 0.4) is 0 Å². The van der Waals surface area contributed by atoms with Crippen LogP contribution in [0.4, 0.5) is 0 Å². The molecule has 0 aliphatic heterocycles. The summed E-state index contributed by atoms with van der Waals surface area (Å²) in [5.41, 5.74) is -0.866. The standard InChI is InChI=1S/C8H17NO3/c1-8(2,7(11)12)9-5-3-4-6-10/h9-10H,3-6H2,1-2H3,(H,11,12). The molecular formula is C8H17NO3. The molecule has 0 aromatic rings. The van der Waals surface area contributed by atoms with Crippen LogP contribution in [0.2, 0.25) is 0 Å². The molecular weight excluding hydrogens is 158 g/mol. The first-order chi connectivity index (χ1) is 5.50. The van der Waals surface area contributed by atoms with Gasteiger partial charge in [-0.05, 0) is 33.2 Å². The molecule has 0 rings (SSSR count). The second-order valence-corrected chi connectivity index (χ2v) is 3.29.